The predicted octanol–water partition coefficient (Wildman–Crippen LogP) is 2.97. The smallest absolute Gasteiger partial charge is 0.134 e. The van der Waals surface area contributed by atoms with Gasteiger partial charge >= 0.3 is 0 Å². The number of rotatable bonds is 4. The molecule has 0 spiro atoms. The van der Waals surface area contributed by atoms with Gasteiger partial charge in [-0.15, -0.1) is 0 Å². The summed E-state index contributed by atoms with van der Waals surface area (Å²) in [6.07, 6.45) is 3.99. The lowest BCUT2D eigenvalue weighted by atomic mass is 10.1. The van der Waals surface area contributed by atoms with Gasteiger partial charge in [0.1, 0.15) is 5.58 Å². The molecule has 0 unspecified atom stereocenters. The zero-order valence-corrected chi connectivity index (χ0v) is 9.29. The number of fused-ring (bicyclic) bond motifs is 1. The summed E-state index contributed by atoms with van der Waals surface area (Å²) in [6, 6.07) is 9.00. The van der Waals surface area contributed by atoms with Crippen molar-refractivity contribution in [2.24, 2.45) is 0 Å². The molecule has 0 aliphatic rings. The van der Waals surface area contributed by atoms with Gasteiger partial charge < -0.3 is 9.73 Å². The van der Waals surface area contributed by atoms with Crippen LogP contribution in [0.5, 0.6) is 0 Å². The molecule has 0 aliphatic carbocycles. The highest BCUT2D eigenvalue weighted by atomic mass is 16.3. The SMILES string of the molecule is CN[C@H](C)CCc1ccc2ccoc2c1. The summed E-state index contributed by atoms with van der Waals surface area (Å²) in [5, 5.41) is 4.42. The van der Waals surface area contributed by atoms with Crippen molar-refractivity contribution in [1.29, 1.82) is 0 Å². The Balaban J connectivity index is 2.08. The molecule has 0 bridgehead atoms. The van der Waals surface area contributed by atoms with Crippen LogP contribution >= 0.6 is 0 Å². The second-order valence-corrected chi connectivity index (χ2v) is 4.02. The molecule has 0 radical (unpaired) electrons. The minimum absolute atomic E-state index is 0.567. The van der Waals surface area contributed by atoms with E-state index >= 15 is 0 Å². The van der Waals surface area contributed by atoms with Crippen LogP contribution in [0.15, 0.2) is 34.9 Å². The van der Waals surface area contributed by atoms with Crippen LogP contribution in [0, 0.1) is 0 Å². The molecule has 1 heterocycles. The zero-order chi connectivity index (χ0) is 10.7. The average molecular weight is 203 g/mol. The molecule has 15 heavy (non-hydrogen) atoms. The van der Waals surface area contributed by atoms with Gasteiger partial charge in [0, 0.05) is 11.4 Å². The van der Waals surface area contributed by atoms with Crippen LogP contribution in [0.3, 0.4) is 0 Å². The minimum atomic E-state index is 0.567. The Hall–Kier alpha value is -1.28. The molecule has 0 aliphatic heterocycles. The third-order valence-electron chi connectivity index (χ3n) is 2.88. The number of furan rings is 1. The average Bonchev–Trinajstić information content (AvgIpc) is 2.72. The minimum Gasteiger partial charge on any atom is -0.464 e. The molecule has 0 saturated carbocycles. The van der Waals surface area contributed by atoms with Crippen molar-refractivity contribution in [2.45, 2.75) is 25.8 Å². The van der Waals surface area contributed by atoms with Gasteiger partial charge in [-0.2, -0.15) is 0 Å². The normalized spacial score (nSPS) is 13.2. The zero-order valence-electron chi connectivity index (χ0n) is 9.29. The first-order valence-electron chi connectivity index (χ1n) is 5.43. The second-order valence-electron chi connectivity index (χ2n) is 4.02. The maximum absolute atomic E-state index is 5.38. The molecule has 0 fully saturated rings. The van der Waals surface area contributed by atoms with E-state index in [1.807, 2.05) is 13.1 Å². The molecule has 0 amide bonds. The van der Waals surface area contributed by atoms with Crippen LogP contribution in [-0.4, -0.2) is 13.1 Å². The summed E-state index contributed by atoms with van der Waals surface area (Å²) in [7, 11) is 2.00. The van der Waals surface area contributed by atoms with Gasteiger partial charge in [0.2, 0.25) is 0 Å². The lowest BCUT2D eigenvalue weighted by molar-refractivity contribution is 0.564. The van der Waals surface area contributed by atoms with E-state index in [0.717, 1.165) is 18.4 Å². The molecule has 80 valence electrons. The Kier molecular flexibility index (Phi) is 3.07. The first kappa shape index (κ1) is 10.2. The van der Waals surface area contributed by atoms with Gasteiger partial charge in [-0.1, -0.05) is 12.1 Å². The van der Waals surface area contributed by atoms with Gasteiger partial charge in [0.05, 0.1) is 6.26 Å². The summed E-state index contributed by atoms with van der Waals surface area (Å²) in [5.74, 6) is 0. The van der Waals surface area contributed by atoms with E-state index < -0.39 is 0 Å². The molecule has 2 aromatic rings. The van der Waals surface area contributed by atoms with Crippen molar-refractivity contribution in [3.63, 3.8) is 0 Å². The van der Waals surface area contributed by atoms with Crippen LogP contribution in [0.25, 0.3) is 11.0 Å². The maximum Gasteiger partial charge on any atom is 0.134 e. The van der Waals surface area contributed by atoms with Crippen molar-refractivity contribution in [2.75, 3.05) is 7.05 Å². The summed E-state index contributed by atoms with van der Waals surface area (Å²) in [5.41, 5.74) is 2.34. The lowest BCUT2D eigenvalue weighted by Crippen LogP contribution is -2.21. The summed E-state index contributed by atoms with van der Waals surface area (Å²) in [4.78, 5) is 0. The van der Waals surface area contributed by atoms with Crippen molar-refractivity contribution in [3.8, 4) is 0 Å². The third kappa shape index (κ3) is 2.39. The second kappa shape index (κ2) is 4.49. The number of hydrogen-bond acceptors (Lipinski definition) is 2. The highest BCUT2D eigenvalue weighted by molar-refractivity contribution is 5.77. The van der Waals surface area contributed by atoms with Gasteiger partial charge in [-0.05, 0) is 44.5 Å². The molecule has 1 N–H and O–H groups in total. The van der Waals surface area contributed by atoms with E-state index in [2.05, 4.69) is 30.4 Å². The molecule has 2 nitrogen and oxygen atoms in total. The molecule has 1 atom stereocenters. The van der Waals surface area contributed by atoms with Gasteiger partial charge in [-0.3, -0.25) is 0 Å². The topological polar surface area (TPSA) is 25.2 Å². The Labute approximate surface area is 90.3 Å². The van der Waals surface area contributed by atoms with E-state index in [9.17, 15) is 0 Å². The van der Waals surface area contributed by atoms with Crippen LogP contribution in [0.1, 0.15) is 18.9 Å². The molecule has 1 aromatic heterocycles. The van der Waals surface area contributed by atoms with E-state index in [1.165, 1.54) is 10.9 Å². The summed E-state index contributed by atoms with van der Waals surface area (Å²) in [6.45, 7) is 2.20. The molecule has 0 saturated heterocycles. The lowest BCUT2D eigenvalue weighted by Gasteiger charge is -2.09. The number of nitrogens with one attached hydrogen (secondary N) is 1. The monoisotopic (exact) mass is 203 g/mol. The quantitative estimate of drug-likeness (QED) is 0.826. The Bertz CT molecular complexity index is 433. The Morgan fingerprint density at radius 3 is 3.00 bits per heavy atom. The fraction of sp³-hybridized carbons (Fsp3) is 0.385. The Morgan fingerprint density at radius 2 is 2.20 bits per heavy atom. The number of aryl methyl sites for hydroxylation is 1. The van der Waals surface area contributed by atoms with E-state index in [-0.39, 0.29) is 0 Å². The first-order chi connectivity index (χ1) is 7.29. The largest absolute Gasteiger partial charge is 0.464 e. The van der Waals surface area contributed by atoms with Crippen molar-refractivity contribution in [1.82, 2.24) is 5.32 Å². The van der Waals surface area contributed by atoms with E-state index in [0.29, 0.717) is 6.04 Å². The van der Waals surface area contributed by atoms with Gasteiger partial charge in [0.25, 0.3) is 0 Å². The van der Waals surface area contributed by atoms with Gasteiger partial charge in [0.15, 0.2) is 0 Å². The van der Waals surface area contributed by atoms with E-state index in [4.69, 9.17) is 4.42 Å². The molecular weight excluding hydrogens is 186 g/mol. The van der Waals surface area contributed by atoms with Crippen LogP contribution in [0.2, 0.25) is 0 Å². The van der Waals surface area contributed by atoms with Crippen LogP contribution in [-0.2, 0) is 6.42 Å². The molecular formula is C13H17NO. The standard InChI is InChI=1S/C13H17NO/c1-10(14-2)3-4-11-5-6-12-7-8-15-13(12)9-11/h5-10,14H,3-4H2,1-2H3/t10-/m1/s1. The summed E-state index contributed by atoms with van der Waals surface area (Å²) < 4.78 is 5.38. The highest BCUT2D eigenvalue weighted by Gasteiger charge is 2.02. The first-order valence-corrected chi connectivity index (χ1v) is 5.43. The highest BCUT2D eigenvalue weighted by Crippen LogP contribution is 2.18. The van der Waals surface area contributed by atoms with Crippen LogP contribution in [0.4, 0.5) is 0 Å². The predicted molar refractivity (Wildman–Crippen MR) is 63.1 cm³/mol. The van der Waals surface area contributed by atoms with Crippen molar-refractivity contribution >= 4 is 11.0 Å². The number of benzene rings is 1. The molecule has 2 heteroatoms. The molecule has 1 aromatic carbocycles. The third-order valence-corrected chi connectivity index (χ3v) is 2.88. The van der Waals surface area contributed by atoms with Crippen molar-refractivity contribution < 1.29 is 4.42 Å². The maximum atomic E-state index is 5.38. The fourth-order valence-corrected chi connectivity index (χ4v) is 1.68. The van der Waals surface area contributed by atoms with Crippen molar-refractivity contribution in [3.05, 3.63) is 36.1 Å². The summed E-state index contributed by atoms with van der Waals surface area (Å²) >= 11 is 0. The fourth-order valence-electron chi connectivity index (χ4n) is 1.68. The van der Waals surface area contributed by atoms with Crippen LogP contribution < -0.4 is 5.32 Å². The van der Waals surface area contributed by atoms with E-state index in [1.54, 1.807) is 6.26 Å². The molecule has 2 rings (SSSR count). The Morgan fingerprint density at radius 1 is 1.33 bits per heavy atom. The van der Waals surface area contributed by atoms with Gasteiger partial charge in [-0.25, -0.2) is 0 Å². The number of hydrogen-bond donors (Lipinski definition) is 1.